The summed E-state index contributed by atoms with van der Waals surface area (Å²) in [4.78, 5) is 14.0. The molecular formula is C15H22N2O4S. The number of sulfonamides is 1. The maximum absolute atomic E-state index is 12.5. The average molecular weight is 326 g/mol. The molecule has 0 radical (unpaired) electrons. The largest absolute Gasteiger partial charge is 0.391 e. The molecular weight excluding hydrogens is 304 g/mol. The van der Waals surface area contributed by atoms with Crippen LogP contribution >= 0.6 is 0 Å². The van der Waals surface area contributed by atoms with Crippen LogP contribution in [0.2, 0.25) is 0 Å². The van der Waals surface area contributed by atoms with Gasteiger partial charge in [-0.05, 0) is 37.1 Å². The van der Waals surface area contributed by atoms with Crippen LogP contribution < -0.4 is 4.72 Å². The van der Waals surface area contributed by atoms with Crippen LogP contribution in [0, 0.1) is 0 Å². The van der Waals surface area contributed by atoms with Crippen molar-refractivity contribution in [2.75, 3.05) is 18.0 Å². The lowest BCUT2D eigenvalue weighted by molar-refractivity contribution is 0.0268. The molecule has 2 atom stereocenters. The highest BCUT2D eigenvalue weighted by Gasteiger charge is 2.29. The van der Waals surface area contributed by atoms with Crippen molar-refractivity contribution in [3.8, 4) is 0 Å². The predicted octanol–water partition coefficient (Wildman–Crippen LogP) is 1.43. The lowest BCUT2D eigenvalue weighted by Crippen LogP contribution is -2.46. The van der Waals surface area contributed by atoms with Gasteiger partial charge in [0, 0.05) is 18.3 Å². The molecule has 0 unspecified atom stereocenters. The Hall–Kier alpha value is -1.60. The molecule has 2 N–H and O–H groups in total. The summed E-state index contributed by atoms with van der Waals surface area (Å²) in [7, 11) is -1.63. The Morgan fingerprint density at radius 1 is 1.23 bits per heavy atom. The van der Waals surface area contributed by atoms with E-state index in [2.05, 4.69) is 4.72 Å². The summed E-state index contributed by atoms with van der Waals surface area (Å²) in [5.74, 6) is -0.170. The number of aliphatic hydroxyl groups is 1. The Kier molecular flexibility index (Phi) is 5.08. The van der Waals surface area contributed by atoms with E-state index in [1.54, 1.807) is 36.2 Å². The Morgan fingerprint density at radius 3 is 2.36 bits per heavy atom. The highest BCUT2D eigenvalue weighted by Crippen LogP contribution is 2.24. The lowest BCUT2D eigenvalue weighted by atomic mass is 9.91. The second kappa shape index (κ2) is 6.66. The molecule has 7 heteroatoms. The van der Waals surface area contributed by atoms with Gasteiger partial charge in [0.1, 0.15) is 0 Å². The molecule has 6 nitrogen and oxygen atoms in total. The van der Waals surface area contributed by atoms with Gasteiger partial charge in [-0.1, -0.05) is 12.8 Å². The summed E-state index contributed by atoms with van der Waals surface area (Å²) in [6.45, 7) is 0. The third-order valence-electron chi connectivity index (χ3n) is 3.95. The van der Waals surface area contributed by atoms with E-state index in [-0.39, 0.29) is 11.9 Å². The SMILES string of the molecule is CN(C(=O)c1ccc(NS(C)(=O)=O)cc1)[C@@H]1CCCC[C@@H]1O. The topological polar surface area (TPSA) is 86.7 Å². The van der Waals surface area contributed by atoms with E-state index >= 15 is 0 Å². The average Bonchev–Trinajstić information content (AvgIpc) is 2.45. The number of aliphatic hydroxyl groups excluding tert-OH is 1. The van der Waals surface area contributed by atoms with E-state index < -0.39 is 16.1 Å². The number of likely N-dealkylation sites (N-methyl/N-ethyl adjacent to an activating group) is 1. The van der Waals surface area contributed by atoms with Crippen LogP contribution in [0.5, 0.6) is 0 Å². The first-order chi connectivity index (χ1) is 10.3. The molecule has 1 amide bonds. The molecule has 0 aliphatic heterocycles. The van der Waals surface area contributed by atoms with Crippen molar-refractivity contribution in [3.05, 3.63) is 29.8 Å². The minimum atomic E-state index is -3.33. The summed E-state index contributed by atoms with van der Waals surface area (Å²) in [6, 6.07) is 6.12. The minimum Gasteiger partial charge on any atom is -0.391 e. The van der Waals surface area contributed by atoms with Crippen LogP contribution in [0.4, 0.5) is 5.69 Å². The Morgan fingerprint density at radius 2 is 1.82 bits per heavy atom. The fourth-order valence-electron chi connectivity index (χ4n) is 2.79. The van der Waals surface area contributed by atoms with Gasteiger partial charge in [-0.15, -0.1) is 0 Å². The van der Waals surface area contributed by atoms with Crippen LogP contribution in [0.25, 0.3) is 0 Å². The summed E-state index contributed by atoms with van der Waals surface area (Å²) in [6.07, 6.45) is 4.12. The Labute approximate surface area is 131 Å². The number of hydrogen-bond donors (Lipinski definition) is 2. The molecule has 122 valence electrons. The van der Waals surface area contributed by atoms with E-state index in [9.17, 15) is 18.3 Å². The van der Waals surface area contributed by atoms with Crippen LogP contribution in [0.3, 0.4) is 0 Å². The highest BCUT2D eigenvalue weighted by molar-refractivity contribution is 7.92. The summed E-state index contributed by atoms with van der Waals surface area (Å²) >= 11 is 0. The van der Waals surface area contributed by atoms with Gasteiger partial charge in [-0.3, -0.25) is 9.52 Å². The van der Waals surface area contributed by atoms with Crippen molar-refractivity contribution in [1.82, 2.24) is 4.90 Å². The first-order valence-corrected chi connectivity index (χ1v) is 9.20. The number of nitrogens with one attached hydrogen (secondary N) is 1. The molecule has 0 bridgehead atoms. The van der Waals surface area contributed by atoms with Crippen molar-refractivity contribution < 1.29 is 18.3 Å². The van der Waals surface area contributed by atoms with Crippen molar-refractivity contribution in [1.29, 1.82) is 0 Å². The van der Waals surface area contributed by atoms with E-state index in [4.69, 9.17) is 0 Å². The van der Waals surface area contributed by atoms with E-state index in [1.807, 2.05) is 0 Å². The molecule has 1 aromatic carbocycles. The fourth-order valence-corrected chi connectivity index (χ4v) is 3.36. The lowest BCUT2D eigenvalue weighted by Gasteiger charge is -2.35. The molecule has 0 saturated heterocycles. The van der Waals surface area contributed by atoms with Gasteiger partial charge in [0.15, 0.2) is 0 Å². The number of anilines is 1. The van der Waals surface area contributed by atoms with Crippen molar-refractivity contribution >= 4 is 21.6 Å². The second-order valence-electron chi connectivity index (χ2n) is 5.79. The minimum absolute atomic E-state index is 0.157. The zero-order valence-corrected chi connectivity index (χ0v) is 13.6. The first kappa shape index (κ1) is 16.8. The molecule has 2 rings (SSSR count). The van der Waals surface area contributed by atoms with Crippen LogP contribution in [-0.4, -0.2) is 49.8 Å². The normalized spacial score (nSPS) is 22.1. The second-order valence-corrected chi connectivity index (χ2v) is 7.54. The maximum atomic E-state index is 12.5. The molecule has 22 heavy (non-hydrogen) atoms. The van der Waals surface area contributed by atoms with Crippen LogP contribution in [-0.2, 0) is 10.0 Å². The van der Waals surface area contributed by atoms with Gasteiger partial charge in [0.25, 0.3) is 5.91 Å². The summed E-state index contributed by atoms with van der Waals surface area (Å²) in [5, 5.41) is 10.0. The van der Waals surface area contributed by atoms with Crippen molar-refractivity contribution in [3.63, 3.8) is 0 Å². The van der Waals surface area contributed by atoms with Crippen LogP contribution in [0.15, 0.2) is 24.3 Å². The van der Waals surface area contributed by atoms with Gasteiger partial charge in [-0.25, -0.2) is 8.42 Å². The fraction of sp³-hybridized carbons (Fsp3) is 0.533. The van der Waals surface area contributed by atoms with Gasteiger partial charge in [0.2, 0.25) is 10.0 Å². The third-order valence-corrected chi connectivity index (χ3v) is 4.55. The molecule has 1 aliphatic carbocycles. The van der Waals surface area contributed by atoms with Crippen LogP contribution in [0.1, 0.15) is 36.0 Å². The smallest absolute Gasteiger partial charge is 0.253 e. The molecule has 0 aromatic heterocycles. The molecule has 0 spiro atoms. The number of amides is 1. The van der Waals surface area contributed by atoms with Gasteiger partial charge in [-0.2, -0.15) is 0 Å². The number of carbonyl (C=O) groups excluding carboxylic acids is 1. The Bertz CT molecular complexity index is 627. The summed E-state index contributed by atoms with van der Waals surface area (Å²) < 4.78 is 24.7. The zero-order chi connectivity index (χ0) is 16.3. The quantitative estimate of drug-likeness (QED) is 0.876. The molecule has 1 aliphatic rings. The summed E-state index contributed by atoms with van der Waals surface area (Å²) in [5.41, 5.74) is 0.888. The first-order valence-electron chi connectivity index (χ1n) is 7.31. The zero-order valence-electron chi connectivity index (χ0n) is 12.8. The number of carbonyl (C=O) groups is 1. The van der Waals surface area contributed by atoms with Gasteiger partial charge >= 0.3 is 0 Å². The highest BCUT2D eigenvalue weighted by atomic mass is 32.2. The van der Waals surface area contributed by atoms with E-state index in [1.165, 1.54) is 0 Å². The molecule has 1 aromatic rings. The predicted molar refractivity (Wildman–Crippen MR) is 85.3 cm³/mol. The number of nitrogens with zero attached hydrogens (tertiary/aromatic N) is 1. The van der Waals surface area contributed by atoms with E-state index in [0.29, 0.717) is 11.3 Å². The third kappa shape index (κ3) is 4.20. The monoisotopic (exact) mass is 326 g/mol. The molecule has 1 fully saturated rings. The number of benzene rings is 1. The molecule has 0 heterocycles. The number of rotatable bonds is 4. The van der Waals surface area contributed by atoms with Gasteiger partial charge < -0.3 is 10.0 Å². The standard InChI is InChI=1S/C15H22N2O4S/c1-17(13-5-3-4-6-14(13)18)15(19)11-7-9-12(10-8-11)16-22(2,20)21/h7-10,13-14,16,18H,3-6H2,1-2H3/t13-,14+/m1/s1. The maximum Gasteiger partial charge on any atom is 0.253 e. The number of hydrogen-bond acceptors (Lipinski definition) is 4. The van der Waals surface area contributed by atoms with E-state index in [0.717, 1.165) is 31.9 Å². The molecule has 1 saturated carbocycles. The van der Waals surface area contributed by atoms with Gasteiger partial charge in [0.05, 0.1) is 18.4 Å². The van der Waals surface area contributed by atoms with Crippen molar-refractivity contribution in [2.45, 2.75) is 37.8 Å². The Balaban J connectivity index is 2.08. The van der Waals surface area contributed by atoms with Crippen molar-refractivity contribution in [2.24, 2.45) is 0 Å².